The molecule has 106 valence electrons. The summed E-state index contributed by atoms with van der Waals surface area (Å²) in [4.78, 5) is 0. The zero-order valence-electron chi connectivity index (χ0n) is 9.56. The summed E-state index contributed by atoms with van der Waals surface area (Å²) in [6, 6.07) is 0. The molecule has 0 bridgehead atoms. The van der Waals surface area contributed by atoms with Crippen molar-refractivity contribution >= 4 is 0 Å². The van der Waals surface area contributed by atoms with Crippen LogP contribution in [0.5, 0.6) is 0 Å². The van der Waals surface area contributed by atoms with Crippen LogP contribution in [0.2, 0.25) is 0 Å². The summed E-state index contributed by atoms with van der Waals surface area (Å²) in [5.74, 6) is 0. The van der Waals surface area contributed by atoms with Gasteiger partial charge < -0.3 is 0 Å². The van der Waals surface area contributed by atoms with Crippen LogP contribution in [-0.4, -0.2) is 0 Å². The van der Waals surface area contributed by atoms with E-state index in [1.807, 2.05) is 32.9 Å². The van der Waals surface area contributed by atoms with E-state index in [9.17, 15) is 0 Å². The summed E-state index contributed by atoms with van der Waals surface area (Å²) in [6.07, 6.45) is 9.65. The van der Waals surface area contributed by atoms with Gasteiger partial charge in [0.05, 0.1) is 0 Å². The Hall–Kier alpha value is -0.520. The van der Waals surface area contributed by atoms with Crippen LogP contribution in [0.4, 0.5) is 0 Å². The summed E-state index contributed by atoms with van der Waals surface area (Å²) in [5, 5.41) is 0. The van der Waals surface area contributed by atoms with Gasteiger partial charge >= 0.3 is 0 Å². The lowest BCUT2D eigenvalue weighted by Gasteiger charge is -1.79. The van der Waals surface area contributed by atoms with Crippen LogP contribution in [0, 0.1) is 0 Å². The third-order valence-electron chi connectivity index (χ3n) is 1.04. The number of rotatable bonds is 3. The maximum Gasteiger partial charge on any atom is -0.0467 e. The van der Waals surface area contributed by atoms with Gasteiger partial charge in [0.15, 0.2) is 0 Å². The molecule has 0 saturated carbocycles. The molecule has 0 heteroatoms. The highest BCUT2D eigenvalue weighted by Crippen LogP contribution is 1.88. The van der Waals surface area contributed by atoms with Gasteiger partial charge in [-0.25, -0.2) is 0 Å². The molecule has 0 aliphatic rings. The molecular weight excluding hydrogens is 192 g/mol. The second kappa shape index (κ2) is 87.6. The third-order valence-corrected chi connectivity index (χ3v) is 1.04. The highest BCUT2D eigenvalue weighted by molar-refractivity contribution is 4.94. The molecule has 16 heavy (non-hydrogen) atoms. The third kappa shape index (κ3) is 173. The number of unbranched alkanes of at least 4 members (excludes halogenated alkanes) is 2. The summed E-state index contributed by atoms with van der Waals surface area (Å²) in [5.41, 5.74) is 0. The summed E-state index contributed by atoms with van der Waals surface area (Å²) >= 11 is 0. The Morgan fingerprint density at radius 3 is 1.19 bits per heavy atom. The lowest BCUT2D eigenvalue weighted by molar-refractivity contribution is 0.772. The van der Waals surface area contributed by atoms with E-state index < -0.39 is 0 Å². The molecule has 0 aromatic carbocycles. The molecule has 0 aromatic heterocycles. The first-order valence-corrected chi connectivity index (χ1v) is 5.07. The number of hydrogen-bond acceptors (Lipinski definition) is 0. The van der Waals surface area contributed by atoms with Gasteiger partial charge in [-0.3, -0.25) is 0 Å². The fourth-order valence-electron chi connectivity index (χ4n) is 0.490. The Kier molecular flexibility index (Phi) is 247. The summed E-state index contributed by atoms with van der Waals surface area (Å²) in [7, 11) is 0. The summed E-state index contributed by atoms with van der Waals surface area (Å²) < 4.78 is 0. The van der Waals surface area contributed by atoms with E-state index in [0.29, 0.717) is 0 Å². The van der Waals surface area contributed by atoms with E-state index in [1.54, 1.807) is 6.08 Å². The van der Waals surface area contributed by atoms with Crippen LogP contribution in [-0.2, 0) is 0 Å². The maximum absolute atomic E-state index is 3.46. The fraction of sp³-hybridized carbons (Fsp3) is 0.750. The first-order valence-electron chi connectivity index (χ1n) is 5.07. The molecule has 0 rings (SSSR count). The van der Waals surface area contributed by atoms with Crippen molar-refractivity contribution in [2.45, 2.75) is 83.6 Å². The Morgan fingerprint density at radius 2 is 1.19 bits per heavy atom. The Labute approximate surface area is 109 Å². The van der Waals surface area contributed by atoms with Gasteiger partial charge in [0.1, 0.15) is 0 Å². The molecule has 0 fully saturated rings. The van der Waals surface area contributed by atoms with Gasteiger partial charge in [-0.05, 0) is 6.92 Å². The van der Waals surface area contributed by atoms with Crippen molar-refractivity contribution < 1.29 is 0 Å². The van der Waals surface area contributed by atoms with Gasteiger partial charge in [0, 0.05) is 0 Å². The second-order valence-corrected chi connectivity index (χ2v) is 2.12. The second-order valence-electron chi connectivity index (χ2n) is 2.12. The maximum atomic E-state index is 3.46. The van der Waals surface area contributed by atoms with Crippen LogP contribution < -0.4 is 0 Å². The quantitative estimate of drug-likeness (QED) is 0.443. The van der Waals surface area contributed by atoms with Crippen molar-refractivity contribution in [2.75, 3.05) is 0 Å². The van der Waals surface area contributed by atoms with Crippen molar-refractivity contribution in [3.05, 3.63) is 24.8 Å². The largest absolute Gasteiger partial charge is 0.0991 e. The van der Waals surface area contributed by atoms with E-state index in [1.165, 1.54) is 19.3 Å². The molecule has 0 saturated heterocycles. The summed E-state index contributed by atoms with van der Waals surface area (Å²) in [6.45, 7) is 13.8. The zero-order valence-corrected chi connectivity index (χ0v) is 9.56. The van der Waals surface area contributed by atoms with Crippen molar-refractivity contribution in [3.8, 4) is 0 Å². The minimum atomic E-state index is 0. The molecule has 0 atom stereocenters. The minimum absolute atomic E-state index is 0. The van der Waals surface area contributed by atoms with Crippen molar-refractivity contribution in [1.29, 1.82) is 0 Å². The Balaban J connectivity index is -0.0000000144. The highest BCUT2D eigenvalue weighted by Gasteiger charge is 1.68. The molecule has 0 aromatic rings. The molecule has 0 unspecified atom stereocenters. The van der Waals surface area contributed by atoms with Crippen LogP contribution in [0.1, 0.15) is 83.6 Å². The molecule has 0 aliphatic heterocycles. The average Bonchev–Trinajstić information content (AvgIpc) is 2.12. The molecule has 0 amide bonds. The van der Waals surface area contributed by atoms with Crippen molar-refractivity contribution in [3.63, 3.8) is 0 Å². The van der Waals surface area contributed by atoms with Gasteiger partial charge in [-0.1, -0.05) is 101 Å². The Bertz CT molecular complexity index is 68.1. The van der Waals surface area contributed by atoms with Gasteiger partial charge in [-0.15, -0.1) is 0 Å². The van der Waals surface area contributed by atoms with Crippen LogP contribution in [0.3, 0.4) is 0 Å². The van der Waals surface area contributed by atoms with Gasteiger partial charge in [0.25, 0.3) is 0 Å². The van der Waals surface area contributed by atoms with E-state index in [-0.39, 0.29) is 29.7 Å². The van der Waals surface area contributed by atoms with Crippen molar-refractivity contribution in [2.24, 2.45) is 0 Å². The zero-order chi connectivity index (χ0) is 10.2. The fourth-order valence-corrected chi connectivity index (χ4v) is 0.490. The molecule has 0 radical (unpaired) electrons. The molecule has 0 heterocycles. The van der Waals surface area contributed by atoms with E-state index >= 15 is 0 Å². The lowest BCUT2D eigenvalue weighted by atomic mass is 10.3. The molecule has 0 nitrogen and oxygen atoms in total. The van der Waals surface area contributed by atoms with Gasteiger partial charge in [-0.2, -0.15) is 0 Å². The smallest absolute Gasteiger partial charge is 0.0467 e. The average molecular weight is 235 g/mol. The van der Waals surface area contributed by atoms with E-state index in [2.05, 4.69) is 20.4 Å². The minimum Gasteiger partial charge on any atom is -0.0991 e. The Morgan fingerprint density at radius 1 is 0.875 bits per heavy atom. The standard InChI is InChI=1S/C5H12.C5H8.C2H6.4CH4/c2*1-3-5-4-2;1-2;;;;/h3-5H2,1-2H3;3-5H,1H2,2H3;1-2H3;4*1H4. The number of allylic oxidation sites excluding steroid dienone is 3. The number of hydrogen-bond donors (Lipinski definition) is 0. The molecule has 0 N–H and O–H groups in total. The first-order chi connectivity index (χ1) is 5.83. The molecular formula is C16H42. The van der Waals surface area contributed by atoms with Crippen LogP contribution >= 0.6 is 0 Å². The SMILES string of the molecule is C.C.C.C.C=CC=CC.CC.CCCCC. The monoisotopic (exact) mass is 234 g/mol. The lowest BCUT2D eigenvalue weighted by Crippen LogP contribution is -1.59. The molecule has 0 aliphatic carbocycles. The predicted molar refractivity (Wildman–Crippen MR) is 88.5 cm³/mol. The van der Waals surface area contributed by atoms with Crippen molar-refractivity contribution in [1.82, 2.24) is 0 Å². The van der Waals surface area contributed by atoms with Crippen LogP contribution in [0.15, 0.2) is 24.8 Å². The topological polar surface area (TPSA) is 0 Å². The van der Waals surface area contributed by atoms with E-state index in [4.69, 9.17) is 0 Å². The van der Waals surface area contributed by atoms with E-state index in [0.717, 1.165) is 0 Å². The van der Waals surface area contributed by atoms with Crippen LogP contribution in [0.25, 0.3) is 0 Å². The van der Waals surface area contributed by atoms with Gasteiger partial charge in [0.2, 0.25) is 0 Å². The normalized spacial score (nSPS) is 5.81. The predicted octanol–water partition coefficient (Wildman–Crippen LogP) is 7.52. The highest BCUT2D eigenvalue weighted by atomic mass is 13.7. The first kappa shape index (κ1) is 45.1. The molecule has 0 spiro atoms.